The summed E-state index contributed by atoms with van der Waals surface area (Å²) in [6.07, 6.45) is 1.71. The fourth-order valence-electron chi connectivity index (χ4n) is 1.23. The Morgan fingerprint density at radius 3 is 2.57 bits per heavy atom. The number of H-pyrrole nitrogens is 1. The van der Waals surface area contributed by atoms with Crippen LogP contribution >= 0.6 is 0 Å². The number of aromatic nitrogens is 2. The minimum absolute atomic E-state index is 0.128. The van der Waals surface area contributed by atoms with Crippen LogP contribution in [0.15, 0.2) is 24.4 Å². The van der Waals surface area contributed by atoms with Crippen molar-refractivity contribution in [2.75, 3.05) is 0 Å². The molecule has 0 radical (unpaired) electrons. The number of hydrogen-bond acceptors (Lipinski definition) is 3. The Morgan fingerprint density at radius 2 is 2.00 bits per heavy atom. The average molecular weight is 190 g/mol. The van der Waals surface area contributed by atoms with E-state index in [-0.39, 0.29) is 11.5 Å². The number of imidazole rings is 1. The normalized spacial score (nSPS) is 10.4. The summed E-state index contributed by atoms with van der Waals surface area (Å²) in [4.78, 5) is 7.14. The molecule has 1 aromatic heterocycles. The minimum atomic E-state index is -0.142. The monoisotopic (exact) mass is 190 g/mol. The summed E-state index contributed by atoms with van der Waals surface area (Å²) in [6.45, 7) is 1.90. The van der Waals surface area contributed by atoms with Crippen molar-refractivity contribution in [1.82, 2.24) is 9.97 Å². The number of phenolic OH excluding ortho intramolecular Hbond substituents is 2. The zero-order valence-corrected chi connectivity index (χ0v) is 7.65. The van der Waals surface area contributed by atoms with E-state index in [0.29, 0.717) is 5.82 Å². The van der Waals surface area contributed by atoms with Gasteiger partial charge in [0, 0.05) is 17.5 Å². The molecule has 0 aliphatic rings. The first kappa shape index (κ1) is 8.62. The molecule has 72 valence electrons. The molecular weight excluding hydrogens is 180 g/mol. The van der Waals surface area contributed by atoms with Gasteiger partial charge in [0.15, 0.2) is 11.5 Å². The molecule has 0 saturated heterocycles. The van der Waals surface area contributed by atoms with E-state index in [1.807, 2.05) is 6.92 Å². The fourth-order valence-corrected chi connectivity index (χ4v) is 1.23. The highest BCUT2D eigenvalue weighted by molar-refractivity contribution is 5.60. The summed E-state index contributed by atoms with van der Waals surface area (Å²) < 4.78 is 0. The Hall–Kier alpha value is -1.97. The molecule has 1 heterocycles. The van der Waals surface area contributed by atoms with E-state index in [4.69, 9.17) is 5.11 Å². The van der Waals surface area contributed by atoms with Gasteiger partial charge in [0.25, 0.3) is 0 Å². The van der Waals surface area contributed by atoms with Crippen molar-refractivity contribution in [2.24, 2.45) is 0 Å². The zero-order chi connectivity index (χ0) is 10.1. The highest BCUT2D eigenvalue weighted by Crippen LogP contribution is 2.28. The lowest BCUT2D eigenvalue weighted by atomic mass is 10.2. The predicted octanol–water partition coefficient (Wildman–Crippen LogP) is 1.80. The van der Waals surface area contributed by atoms with Crippen molar-refractivity contribution < 1.29 is 10.2 Å². The van der Waals surface area contributed by atoms with E-state index in [9.17, 15) is 5.11 Å². The Morgan fingerprint density at radius 1 is 1.21 bits per heavy atom. The highest BCUT2D eigenvalue weighted by Gasteiger charge is 2.04. The van der Waals surface area contributed by atoms with E-state index in [1.165, 1.54) is 12.1 Å². The van der Waals surface area contributed by atoms with E-state index >= 15 is 0 Å². The highest BCUT2D eigenvalue weighted by atomic mass is 16.3. The van der Waals surface area contributed by atoms with Crippen LogP contribution in [0.5, 0.6) is 11.5 Å². The molecule has 4 nitrogen and oxygen atoms in total. The minimum Gasteiger partial charge on any atom is -0.504 e. The van der Waals surface area contributed by atoms with Gasteiger partial charge in [0.05, 0.1) is 0 Å². The first-order valence-electron chi connectivity index (χ1n) is 4.21. The van der Waals surface area contributed by atoms with Gasteiger partial charge in [0.2, 0.25) is 0 Å². The van der Waals surface area contributed by atoms with E-state index in [2.05, 4.69) is 9.97 Å². The Kier molecular flexibility index (Phi) is 1.89. The third-order valence-corrected chi connectivity index (χ3v) is 1.95. The molecule has 14 heavy (non-hydrogen) atoms. The lowest BCUT2D eigenvalue weighted by Gasteiger charge is -1.99. The molecule has 0 aliphatic carbocycles. The third-order valence-electron chi connectivity index (χ3n) is 1.95. The van der Waals surface area contributed by atoms with Gasteiger partial charge in [0.1, 0.15) is 5.82 Å². The van der Waals surface area contributed by atoms with Gasteiger partial charge < -0.3 is 15.2 Å². The van der Waals surface area contributed by atoms with Crippen LogP contribution in [0.3, 0.4) is 0 Å². The molecule has 2 rings (SSSR count). The van der Waals surface area contributed by atoms with Crippen LogP contribution in [0.4, 0.5) is 0 Å². The molecule has 0 spiro atoms. The molecule has 0 unspecified atom stereocenters. The molecule has 4 heteroatoms. The van der Waals surface area contributed by atoms with Crippen LogP contribution in [-0.4, -0.2) is 20.2 Å². The van der Waals surface area contributed by atoms with Crippen molar-refractivity contribution in [3.63, 3.8) is 0 Å². The van der Waals surface area contributed by atoms with Gasteiger partial charge >= 0.3 is 0 Å². The van der Waals surface area contributed by atoms with Crippen molar-refractivity contribution in [3.8, 4) is 22.9 Å². The lowest BCUT2D eigenvalue weighted by Crippen LogP contribution is -1.80. The topological polar surface area (TPSA) is 69.1 Å². The number of nitrogens with one attached hydrogen (secondary N) is 1. The van der Waals surface area contributed by atoms with Gasteiger partial charge in [-0.3, -0.25) is 0 Å². The molecule has 0 saturated carbocycles. The van der Waals surface area contributed by atoms with Crippen molar-refractivity contribution in [3.05, 3.63) is 30.1 Å². The summed E-state index contributed by atoms with van der Waals surface area (Å²) >= 11 is 0. The van der Waals surface area contributed by atoms with Gasteiger partial charge in [-0.1, -0.05) is 0 Å². The van der Waals surface area contributed by atoms with E-state index < -0.39 is 0 Å². The molecule has 0 amide bonds. The maximum Gasteiger partial charge on any atom is 0.158 e. The average Bonchev–Trinajstić information content (AvgIpc) is 2.57. The first-order chi connectivity index (χ1) is 6.66. The molecule has 2 aromatic rings. The number of nitrogens with zero attached hydrogens (tertiary/aromatic N) is 1. The van der Waals surface area contributed by atoms with Crippen molar-refractivity contribution in [1.29, 1.82) is 0 Å². The van der Waals surface area contributed by atoms with Gasteiger partial charge in [-0.15, -0.1) is 0 Å². The number of rotatable bonds is 1. The number of aryl methyl sites for hydroxylation is 1. The van der Waals surface area contributed by atoms with Crippen LogP contribution < -0.4 is 0 Å². The molecule has 0 fully saturated rings. The lowest BCUT2D eigenvalue weighted by molar-refractivity contribution is 0.404. The van der Waals surface area contributed by atoms with Crippen molar-refractivity contribution >= 4 is 0 Å². The quantitative estimate of drug-likeness (QED) is 0.600. The summed E-state index contributed by atoms with van der Waals surface area (Å²) in [7, 11) is 0. The maximum absolute atomic E-state index is 9.28. The second kappa shape index (κ2) is 3.06. The van der Waals surface area contributed by atoms with Crippen molar-refractivity contribution in [2.45, 2.75) is 6.92 Å². The Labute approximate surface area is 80.9 Å². The van der Waals surface area contributed by atoms with E-state index in [1.54, 1.807) is 12.3 Å². The van der Waals surface area contributed by atoms with Crippen LogP contribution in [0.2, 0.25) is 0 Å². The number of hydrogen-bond donors (Lipinski definition) is 3. The largest absolute Gasteiger partial charge is 0.504 e. The van der Waals surface area contributed by atoms with Crippen LogP contribution in [-0.2, 0) is 0 Å². The Balaban J connectivity index is 2.47. The molecule has 0 aliphatic heterocycles. The summed E-state index contributed by atoms with van der Waals surface area (Å²) in [6, 6.07) is 4.59. The summed E-state index contributed by atoms with van der Waals surface area (Å²) in [5.41, 5.74) is 1.70. The zero-order valence-electron chi connectivity index (χ0n) is 7.65. The molecule has 0 atom stereocenters. The SMILES string of the molecule is Cc1cnc(-c2ccc(O)c(O)c2)[nH]1. The second-order valence-electron chi connectivity index (χ2n) is 3.12. The van der Waals surface area contributed by atoms with Gasteiger partial charge in [-0.05, 0) is 25.1 Å². The van der Waals surface area contributed by atoms with Crippen LogP contribution in [0.25, 0.3) is 11.4 Å². The number of aromatic hydroxyl groups is 2. The second-order valence-corrected chi connectivity index (χ2v) is 3.12. The summed E-state index contributed by atoms with van der Waals surface area (Å²) in [5, 5.41) is 18.4. The van der Waals surface area contributed by atoms with Gasteiger partial charge in [-0.25, -0.2) is 4.98 Å². The van der Waals surface area contributed by atoms with E-state index in [0.717, 1.165) is 11.3 Å². The predicted molar refractivity (Wildman–Crippen MR) is 52.1 cm³/mol. The van der Waals surface area contributed by atoms with Crippen LogP contribution in [0.1, 0.15) is 5.69 Å². The smallest absolute Gasteiger partial charge is 0.158 e. The molecule has 3 N–H and O–H groups in total. The Bertz CT molecular complexity index is 463. The molecule has 1 aromatic carbocycles. The van der Waals surface area contributed by atoms with Gasteiger partial charge in [-0.2, -0.15) is 0 Å². The maximum atomic E-state index is 9.28. The third kappa shape index (κ3) is 1.42. The molecular formula is C10H10N2O2. The summed E-state index contributed by atoms with van der Waals surface area (Å²) in [5.74, 6) is 0.409. The van der Waals surface area contributed by atoms with Crippen LogP contribution in [0, 0.1) is 6.92 Å². The number of aromatic amines is 1. The first-order valence-corrected chi connectivity index (χ1v) is 4.21. The molecule has 0 bridgehead atoms. The standard InChI is InChI=1S/C10H10N2O2/c1-6-5-11-10(12-6)7-2-3-8(13)9(14)4-7/h2-5,13-14H,1H3,(H,11,12). The number of benzene rings is 1. The number of phenols is 2. The fraction of sp³-hybridized carbons (Fsp3) is 0.100.